The number of carbonyl (C=O) groups excluding carboxylic acids is 1. The van der Waals surface area contributed by atoms with E-state index in [2.05, 4.69) is 10.3 Å². The van der Waals surface area contributed by atoms with Crippen molar-refractivity contribution in [1.29, 1.82) is 0 Å². The molecule has 0 aliphatic carbocycles. The third kappa shape index (κ3) is 2.70. The second kappa shape index (κ2) is 4.80. The van der Waals surface area contributed by atoms with Gasteiger partial charge in [0, 0.05) is 5.02 Å². The van der Waals surface area contributed by atoms with Crippen LogP contribution in [0.2, 0.25) is 5.02 Å². The van der Waals surface area contributed by atoms with Gasteiger partial charge in [0.05, 0.1) is 10.2 Å². The summed E-state index contributed by atoms with van der Waals surface area (Å²) in [7, 11) is 0. The second-order valence-corrected chi connectivity index (χ2v) is 5.82. The largest absolute Gasteiger partial charge is 0.301 e. The van der Waals surface area contributed by atoms with E-state index in [1.165, 1.54) is 11.3 Å². The van der Waals surface area contributed by atoms with Gasteiger partial charge in [-0.1, -0.05) is 22.9 Å². The number of halogens is 2. The fourth-order valence-corrected chi connectivity index (χ4v) is 2.79. The van der Waals surface area contributed by atoms with E-state index in [9.17, 15) is 4.79 Å². The van der Waals surface area contributed by atoms with Crippen molar-refractivity contribution in [2.45, 2.75) is 19.2 Å². The molecule has 0 saturated carbocycles. The number of thiazole rings is 1. The van der Waals surface area contributed by atoms with E-state index in [0.29, 0.717) is 10.2 Å². The van der Waals surface area contributed by atoms with E-state index in [1.54, 1.807) is 6.92 Å². The molecule has 1 heterocycles. The number of alkyl halides is 1. The van der Waals surface area contributed by atoms with E-state index in [0.717, 1.165) is 15.8 Å². The lowest BCUT2D eigenvalue weighted by Gasteiger charge is -2.01. The Kier molecular flexibility index (Phi) is 3.56. The van der Waals surface area contributed by atoms with Crippen molar-refractivity contribution in [1.82, 2.24) is 4.98 Å². The van der Waals surface area contributed by atoms with Crippen molar-refractivity contribution in [3.8, 4) is 0 Å². The lowest BCUT2D eigenvalue weighted by molar-refractivity contribution is -0.115. The first-order valence-corrected chi connectivity index (χ1v) is 6.62. The number of rotatable bonds is 2. The van der Waals surface area contributed by atoms with Gasteiger partial charge >= 0.3 is 0 Å². The van der Waals surface area contributed by atoms with Crippen LogP contribution in [0.4, 0.5) is 5.13 Å². The van der Waals surface area contributed by atoms with Crippen LogP contribution >= 0.6 is 34.5 Å². The van der Waals surface area contributed by atoms with Crippen LogP contribution in [0, 0.1) is 6.92 Å². The first-order chi connectivity index (χ1) is 7.97. The van der Waals surface area contributed by atoms with Gasteiger partial charge in [0.25, 0.3) is 0 Å². The van der Waals surface area contributed by atoms with Crippen molar-refractivity contribution in [3.63, 3.8) is 0 Å². The Morgan fingerprint density at radius 3 is 2.88 bits per heavy atom. The number of aryl methyl sites for hydroxylation is 1. The van der Waals surface area contributed by atoms with Gasteiger partial charge in [0.2, 0.25) is 5.91 Å². The van der Waals surface area contributed by atoms with Crippen LogP contribution in [0.3, 0.4) is 0 Å². The first kappa shape index (κ1) is 12.6. The lowest BCUT2D eigenvalue weighted by Crippen LogP contribution is -2.19. The van der Waals surface area contributed by atoms with Gasteiger partial charge < -0.3 is 5.32 Å². The summed E-state index contributed by atoms with van der Waals surface area (Å²) in [5.41, 5.74) is 1.85. The molecular formula is C11H10Cl2N2OS. The van der Waals surface area contributed by atoms with E-state index in [4.69, 9.17) is 23.2 Å². The van der Waals surface area contributed by atoms with Crippen molar-refractivity contribution in [2.75, 3.05) is 5.32 Å². The highest BCUT2D eigenvalue weighted by atomic mass is 35.5. The van der Waals surface area contributed by atoms with Crippen LogP contribution in [-0.2, 0) is 4.79 Å². The van der Waals surface area contributed by atoms with Gasteiger partial charge in [-0.05, 0) is 31.5 Å². The van der Waals surface area contributed by atoms with Crippen LogP contribution in [0.15, 0.2) is 12.1 Å². The van der Waals surface area contributed by atoms with Gasteiger partial charge in [-0.15, -0.1) is 11.6 Å². The predicted octanol–water partition coefficient (Wildman–Crippen LogP) is 3.82. The van der Waals surface area contributed by atoms with Gasteiger partial charge in [0.1, 0.15) is 5.38 Å². The standard InChI is InChI=1S/C11H10Cl2N2OS/c1-5-3-7(13)4-8-9(5)14-11(17-8)15-10(16)6(2)12/h3-4,6H,1-2H3,(H,14,15,16)/t6-/m1/s1. The molecule has 0 spiro atoms. The molecule has 0 fully saturated rings. The Bertz CT molecular complexity index is 580. The number of fused-ring (bicyclic) bond motifs is 1. The summed E-state index contributed by atoms with van der Waals surface area (Å²) >= 11 is 13.0. The minimum atomic E-state index is -0.577. The average molecular weight is 289 g/mol. The Labute approximate surface area is 113 Å². The smallest absolute Gasteiger partial charge is 0.243 e. The number of hydrogen-bond donors (Lipinski definition) is 1. The van der Waals surface area contributed by atoms with E-state index >= 15 is 0 Å². The minimum Gasteiger partial charge on any atom is -0.301 e. The van der Waals surface area contributed by atoms with Gasteiger partial charge in [0.15, 0.2) is 5.13 Å². The van der Waals surface area contributed by atoms with Crippen molar-refractivity contribution in [2.24, 2.45) is 0 Å². The number of anilines is 1. The molecule has 1 amide bonds. The zero-order valence-electron chi connectivity index (χ0n) is 9.25. The van der Waals surface area contributed by atoms with Gasteiger partial charge in [-0.3, -0.25) is 4.79 Å². The Hall–Kier alpha value is -0.840. The maximum atomic E-state index is 11.4. The summed E-state index contributed by atoms with van der Waals surface area (Å²) in [4.78, 5) is 15.8. The molecule has 3 nitrogen and oxygen atoms in total. The summed E-state index contributed by atoms with van der Waals surface area (Å²) in [6.07, 6.45) is 0. The number of hydrogen-bond acceptors (Lipinski definition) is 3. The summed E-state index contributed by atoms with van der Waals surface area (Å²) in [6.45, 7) is 3.55. The molecule has 0 bridgehead atoms. The quantitative estimate of drug-likeness (QED) is 0.854. The van der Waals surface area contributed by atoms with E-state index in [1.807, 2.05) is 19.1 Å². The number of aromatic nitrogens is 1. The Morgan fingerprint density at radius 1 is 1.53 bits per heavy atom. The third-order valence-corrected chi connectivity index (χ3v) is 3.58. The maximum absolute atomic E-state index is 11.4. The molecule has 6 heteroatoms. The molecule has 2 rings (SSSR count). The summed E-state index contributed by atoms with van der Waals surface area (Å²) in [6, 6.07) is 3.68. The molecule has 17 heavy (non-hydrogen) atoms. The molecule has 0 radical (unpaired) electrons. The summed E-state index contributed by atoms with van der Waals surface area (Å²) < 4.78 is 0.951. The highest BCUT2D eigenvalue weighted by molar-refractivity contribution is 7.22. The van der Waals surface area contributed by atoms with Crippen molar-refractivity contribution in [3.05, 3.63) is 22.7 Å². The lowest BCUT2D eigenvalue weighted by atomic mass is 10.2. The van der Waals surface area contributed by atoms with Crippen LogP contribution in [-0.4, -0.2) is 16.3 Å². The Morgan fingerprint density at radius 2 is 2.24 bits per heavy atom. The highest BCUT2D eigenvalue weighted by Gasteiger charge is 2.13. The zero-order valence-corrected chi connectivity index (χ0v) is 11.6. The van der Waals surface area contributed by atoms with Crippen LogP contribution in [0.5, 0.6) is 0 Å². The molecule has 1 aromatic carbocycles. The molecule has 1 atom stereocenters. The van der Waals surface area contributed by atoms with E-state index in [-0.39, 0.29) is 5.91 Å². The van der Waals surface area contributed by atoms with Gasteiger partial charge in [-0.2, -0.15) is 0 Å². The fraction of sp³-hybridized carbons (Fsp3) is 0.273. The average Bonchev–Trinajstić information content (AvgIpc) is 2.60. The van der Waals surface area contributed by atoms with Crippen molar-refractivity contribution < 1.29 is 4.79 Å². The molecule has 0 aliphatic rings. The zero-order chi connectivity index (χ0) is 12.6. The molecule has 2 aromatic rings. The third-order valence-electron chi connectivity index (χ3n) is 2.24. The van der Waals surface area contributed by atoms with Crippen LogP contribution in [0.1, 0.15) is 12.5 Å². The SMILES string of the molecule is Cc1cc(Cl)cc2sc(NC(=O)[C@@H](C)Cl)nc12. The molecule has 0 unspecified atom stereocenters. The van der Waals surface area contributed by atoms with Crippen molar-refractivity contribution >= 4 is 55.8 Å². The number of nitrogens with zero attached hydrogens (tertiary/aromatic N) is 1. The topological polar surface area (TPSA) is 42.0 Å². The second-order valence-electron chi connectivity index (χ2n) is 3.69. The van der Waals surface area contributed by atoms with E-state index < -0.39 is 5.38 Å². The van der Waals surface area contributed by atoms with Crippen LogP contribution < -0.4 is 5.32 Å². The molecule has 1 N–H and O–H groups in total. The molecule has 1 aromatic heterocycles. The summed E-state index contributed by atoms with van der Waals surface area (Å²) in [5, 5.41) is 3.31. The Balaban J connectivity index is 2.38. The normalized spacial score (nSPS) is 12.7. The predicted molar refractivity (Wildman–Crippen MR) is 73.3 cm³/mol. The monoisotopic (exact) mass is 288 g/mol. The molecule has 90 valence electrons. The molecule has 0 aliphatic heterocycles. The number of carbonyl (C=O) groups is 1. The number of nitrogens with one attached hydrogen (secondary N) is 1. The van der Waals surface area contributed by atoms with Crippen LogP contribution in [0.25, 0.3) is 10.2 Å². The minimum absolute atomic E-state index is 0.255. The van der Waals surface area contributed by atoms with Gasteiger partial charge in [-0.25, -0.2) is 4.98 Å². The molecule has 0 saturated heterocycles. The highest BCUT2D eigenvalue weighted by Crippen LogP contribution is 2.31. The molecular weight excluding hydrogens is 279 g/mol. The number of amides is 1. The maximum Gasteiger partial charge on any atom is 0.243 e. The fourth-order valence-electron chi connectivity index (χ4n) is 1.41. The summed E-state index contributed by atoms with van der Waals surface area (Å²) in [5.74, 6) is -0.255. The number of benzene rings is 1. The first-order valence-electron chi connectivity index (χ1n) is 4.99.